The van der Waals surface area contributed by atoms with Crippen molar-refractivity contribution in [1.29, 1.82) is 5.26 Å². The van der Waals surface area contributed by atoms with E-state index >= 15 is 0 Å². The SMILES string of the molecule is CCOc1cc(/C=C(/C#N)C(=O)NCCCc2ccccc2)cc(Cl)c1OCC(=O)Nc1ccc(F)cc1. The van der Waals surface area contributed by atoms with Crippen LogP contribution in [0.1, 0.15) is 24.5 Å². The molecule has 2 amide bonds. The highest BCUT2D eigenvalue weighted by Gasteiger charge is 2.16. The second-order valence-electron chi connectivity index (χ2n) is 8.12. The van der Waals surface area contributed by atoms with E-state index in [1.165, 1.54) is 42.0 Å². The number of benzene rings is 3. The smallest absolute Gasteiger partial charge is 0.262 e. The minimum absolute atomic E-state index is 0.0874. The van der Waals surface area contributed by atoms with Crippen LogP contribution in [0.15, 0.2) is 72.3 Å². The first-order chi connectivity index (χ1) is 18.4. The number of ether oxygens (including phenoxy) is 2. The van der Waals surface area contributed by atoms with Gasteiger partial charge in [0.15, 0.2) is 18.1 Å². The largest absolute Gasteiger partial charge is 0.490 e. The van der Waals surface area contributed by atoms with E-state index in [0.717, 1.165) is 12.8 Å². The summed E-state index contributed by atoms with van der Waals surface area (Å²) in [6, 6.07) is 20.2. The summed E-state index contributed by atoms with van der Waals surface area (Å²) < 4.78 is 24.3. The Hall–Kier alpha value is -4.35. The van der Waals surface area contributed by atoms with Gasteiger partial charge in [-0.15, -0.1) is 0 Å². The van der Waals surface area contributed by atoms with Gasteiger partial charge < -0.3 is 20.1 Å². The van der Waals surface area contributed by atoms with Crippen molar-refractivity contribution in [3.8, 4) is 17.6 Å². The maximum absolute atomic E-state index is 13.1. The summed E-state index contributed by atoms with van der Waals surface area (Å²) in [6.07, 6.45) is 2.95. The fraction of sp³-hybridized carbons (Fsp3) is 0.207. The lowest BCUT2D eigenvalue weighted by Gasteiger charge is -2.14. The monoisotopic (exact) mass is 535 g/mol. The quantitative estimate of drug-likeness (QED) is 0.180. The van der Waals surface area contributed by atoms with Crippen LogP contribution in [0.3, 0.4) is 0 Å². The molecule has 38 heavy (non-hydrogen) atoms. The van der Waals surface area contributed by atoms with Crippen molar-refractivity contribution >= 4 is 35.2 Å². The molecule has 7 nitrogen and oxygen atoms in total. The molecule has 3 aromatic carbocycles. The van der Waals surface area contributed by atoms with Crippen molar-refractivity contribution < 1.29 is 23.5 Å². The number of anilines is 1. The Morgan fingerprint density at radius 2 is 1.82 bits per heavy atom. The zero-order valence-corrected chi connectivity index (χ0v) is 21.6. The lowest BCUT2D eigenvalue weighted by Crippen LogP contribution is -2.25. The summed E-state index contributed by atoms with van der Waals surface area (Å²) in [4.78, 5) is 24.8. The molecule has 0 saturated heterocycles. The summed E-state index contributed by atoms with van der Waals surface area (Å²) >= 11 is 6.41. The van der Waals surface area contributed by atoms with Gasteiger partial charge in [-0.05, 0) is 73.4 Å². The number of nitriles is 1. The zero-order chi connectivity index (χ0) is 27.3. The van der Waals surface area contributed by atoms with Gasteiger partial charge in [-0.1, -0.05) is 41.9 Å². The molecule has 0 atom stereocenters. The van der Waals surface area contributed by atoms with Crippen LogP contribution < -0.4 is 20.1 Å². The van der Waals surface area contributed by atoms with Crippen LogP contribution in [-0.4, -0.2) is 31.6 Å². The molecular weight excluding hydrogens is 509 g/mol. The minimum atomic E-state index is -0.493. The van der Waals surface area contributed by atoms with E-state index in [2.05, 4.69) is 10.6 Å². The van der Waals surface area contributed by atoms with Gasteiger partial charge in [0.2, 0.25) is 0 Å². The lowest BCUT2D eigenvalue weighted by molar-refractivity contribution is -0.118. The van der Waals surface area contributed by atoms with Gasteiger partial charge >= 0.3 is 0 Å². The first kappa shape index (κ1) is 28.2. The Bertz CT molecular complexity index is 1320. The maximum Gasteiger partial charge on any atom is 0.262 e. The van der Waals surface area contributed by atoms with Crippen LogP contribution in [0.4, 0.5) is 10.1 Å². The van der Waals surface area contributed by atoms with Crippen LogP contribution >= 0.6 is 11.6 Å². The highest BCUT2D eigenvalue weighted by atomic mass is 35.5. The predicted octanol–water partition coefficient (Wildman–Crippen LogP) is 5.55. The Labute approximate surface area is 225 Å². The zero-order valence-electron chi connectivity index (χ0n) is 20.8. The van der Waals surface area contributed by atoms with Gasteiger partial charge in [0, 0.05) is 12.2 Å². The third kappa shape index (κ3) is 8.64. The summed E-state index contributed by atoms with van der Waals surface area (Å²) in [5, 5.41) is 15.0. The van der Waals surface area contributed by atoms with E-state index in [0.29, 0.717) is 17.8 Å². The number of hydrogen-bond donors (Lipinski definition) is 2. The average molecular weight is 536 g/mol. The molecule has 3 rings (SSSR count). The standard InChI is InChI=1S/C29H27ClFN3O4/c1-2-37-26-17-21(15-22(18-32)29(36)33-14-6-9-20-7-4-3-5-8-20)16-25(30)28(26)38-19-27(35)34-24-12-10-23(31)11-13-24/h3-5,7-8,10-13,15-17H,2,6,9,14,19H2,1H3,(H,33,36)(H,34,35)/b22-15-. The first-order valence-electron chi connectivity index (χ1n) is 12.0. The fourth-order valence-corrected chi connectivity index (χ4v) is 3.77. The van der Waals surface area contributed by atoms with E-state index in [-0.39, 0.29) is 35.3 Å². The molecule has 2 N–H and O–H groups in total. The Morgan fingerprint density at radius 3 is 2.50 bits per heavy atom. The third-order valence-electron chi connectivity index (χ3n) is 5.25. The Morgan fingerprint density at radius 1 is 1.08 bits per heavy atom. The molecule has 0 aliphatic carbocycles. The predicted molar refractivity (Wildman–Crippen MR) is 145 cm³/mol. The number of nitrogens with one attached hydrogen (secondary N) is 2. The summed E-state index contributed by atoms with van der Waals surface area (Å²) in [6.45, 7) is 2.10. The molecule has 0 heterocycles. The molecular formula is C29H27ClFN3O4. The number of aryl methyl sites for hydroxylation is 1. The molecule has 0 aliphatic rings. The molecule has 0 aliphatic heterocycles. The summed E-state index contributed by atoms with van der Waals surface area (Å²) in [5.74, 6) is -0.992. The van der Waals surface area contributed by atoms with E-state index in [4.69, 9.17) is 21.1 Å². The first-order valence-corrected chi connectivity index (χ1v) is 12.4. The second kappa shape index (κ2) is 14.4. The molecule has 0 saturated carbocycles. The number of amides is 2. The number of hydrogen-bond acceptors (Lipinski definition) is 5. The molecule has 0 spiro atoms. The molecule has 196 valence electrons. The fourth-order valence-electron chi connectivity index (χ4n) is 3.49. The van der Waals surface area contributed by atoms with Crippen LogP contribution in [0.2, 0.25) is 5.02 Å². The van der Waals surface area contributed by atoms with Crippen molar-refractivity contribution in [2.75, 3.05) is 25.1 Å². The van der Waals surface area contributed by atoms with Gasteiger partial charge in [-0.3, -0.25) is 9.59 Å². The maximum atomic E-state index is 13.1. The molecule has 3 aromatic rings. The van der Waals surface area contributed by atoms with Crippen molar-refractivity contribution in [2.45, 2.75) is 19.8 Å². The van der Waals surface area contributed by atoms with E-state index in [1.807, 2.05) is 36.4 Å². The molecule has 9 heteroatoms. The Balaban J connectivity index is 1.64. The van der Waals surface area contributed by atoms with E-state index < -0.39 is 17.6 Å². The lowest BCUT2D eigenvalue weighted by atomic mass is 10.1. The minimum Gasteiger partial charge on any atom is -0.490 e. The topological polar surface area (TPSA) is 100 Å². The van der Waals surface area contributed by atoms with Gasteiger partial charge in [-0.2, -0.15) is 5.26 Å². The second-order valence-corrected chi connectivity index (χ2v) is 8.53. The number of nitrogens with zero attached hydrogens (tertiary/aromatic N) is 1. The number of rotatable bonds is 12. The Kier molecular flexibility index (Phi) is 10.7. The normalized spacial score (nSPS) is 10.8. The van der Waals surface area contributed by atoms with Crippen molar-refractivity contribution in [3.63, 3.8) is 0 Å². The average Bonchev–Trinajstić information content (AvgIpc) is 2.91. The van der Waals surface area contributed by atoms with Crippen LogP contribution in [-0.2, 0) is 16.0 Å². The van der Waals surface area contributed by atoms with Gasteiger partial charge in [-0.25, -0.2) is 4.39 Å². The van der Waals surface area contributed by atoms with Gasteiger partial charge in [0.25, 0.3) is 11.8 Å². The van der Waals surface area contributed by atoms with Crippen molar-refractivity contribution in [1.82, 2.24) is 5.32 Å². The number of carbonyl (C=O) groups excluding carboxylic acids is 2. The summed E-state index contributed by atoms with van der Waals surface area (Å²) in [5.41, 5.74) is 1.96. The van der Waals surface area contributed by atoms with Gasteiger partial charge in [0.05, 0.1) is 11.6 Å². The molecule has 0 radical (unpaired) electrons. The highest BCUT2D eigenvalue weighted by molar-refractivity contribution is 6.32. The molecule has 0 unspecified atom stereocenters. The van der Waals surface area contributed by atoms with Crippen molar-refractivity contribution in [2.24, 2.45) is 0 Å². The van der Waals surface area contributed by atoms with Crippen LogP contribution in [0.25, 0.3) is 6.08 Å². The highest BCUT2D eigenvalue weighted by Crippen LogP contribution is 2.37. The van der Waals surface area contributed by atoms with Crippen LogP contribution in [0.5, 0.6) is 11.5 Å². The third-order valence-corrected chi connectivity index (χ3v) is 5.53. The van der Waals surface area contributed by atoms with Gasteiger partial charge in [0.1, 0.15) is 17.5 Å². The van der Waals surface area contributed by atoms with Crippen LogP contribution in [0, 0.1) is 17.1 Å². The van der Waals surface area contributed by atoms with E-state index in [9.17, 15) is 19.2 Å². The number of carbonyl (C=O) groups is 2. The number of halogens is 2. The summed E-state index contributed by atoms with van der Waals surface area (Å²) in [7, 11) is 0. The van der Waals surface area contributed by atoms with E-state index in [1.54, 1.807) is 13.0 Å². The van der Waals surface area contributed by atoms with Crippen molar-refractivity contribution in [3.05, 3.63) is 94.3 Å². The molecule has 0 aromatic heterocycles. The molecule has 0 fully saturated rings. The molecule has 0 bridgehead atoms.